The molecule has 0 saturated heterocycles. The minimum absolute atomic E-state index is 0.0321. The molecule has 0 radical (unpaired) electrons. The number of likely N-dealkylation sites (N-methyl/N-ethyl adjacent to an activating group) is 1. The van der Waals surface area contributed by atoms with E-state index < -0.39 is 26.5 Å². The number of phosphoric ester groups is 1. The Kier molecular flexibility index (Phi) is 62.9. The quantitative estimate of drug-likeness (QED) is 0.0211. The number of unbranched alkanes of at least 4 members (excludes halogenated alkanes) is 40. The minimum Gasteiger partial charge on any atom is -0.462 e. The average molecular weight is 1200 g/mol. The number of ether oxygens (including phenoxy) is 2. The van der Waals surface area contributed by atoms with Gasteiger partial charge in [-0.25, -0.2) is 4.57 Å². The van der Waals surface area contributed by atoms with Gasteiger partial charge in [0.15, 0.2) is 6.10 Å². The Labute approximate surface area is 520 Å². The van der Waals surface area contributed by atoms with Gasteiger partial charge in [0.25, 0.3) is 0 Å². The molecule has 0 saturated carbocycles. The van der Waals surface area contributed by atoms with Gasteiger partial charge in [-0.3, -0.25) is 18.6 Å². The number of quaternary nitrogens is 1. The van der Waals surface area contributed by atoms with Crippen LogP contribution in [-0.2, 0) is 32.7 Å². The van der Waals surface area contributed by atoms with Crippen LogP contribution in [0.2, 0.25) is 0 Å². The number of hydrogen-bond donors (Lipinski definition) is 1. The summed E-state index contributed by atoms with van der Waals surface area (Å²) < 4.78 is 34.8. The Balaban J connectivity index is 4.01. The third-order valence-electron chi connectivity index (χ3n) is 15.7. The highest BCUT2D eigenvalue weighted by atomic mass is 31.2. The van der Waals surface area contributed by atoms with Gasteiger partial charge >= 0.3 is 19.8 Å². The van der Waals surface area contributed by atoms with Gasteiger partial charge in [-0.15, -0.1) is 0 Å². The summed E-state index contributed by atoms with van der Waals surface area (Å²) in [6.45, 7) is 4.37. The van der Waals surface area contributed by atoms with E-state index in [1.807, 2.05) is 21.1 Å². The largest absolute Gasteiger partial charge is 0.472 e. The van der Waals surface area contributed by atoms with Crippen LogP contribution in [0, 0.1) is 0 Å². The zero-order chi connectivity index (χ0) is 61.2. The summed E-state index contributed by atoms with van der Waals surface area (Å²) in [7, 11) is 1.49. The van der Waals surface area contributed by atoms with E-state index in [0.717, 1.165) is 64.2 Å². The van der Waals surface area contributed by atoms with E-state index in [-0.39, 0.29) is 25.6 Å². The predicted molar refractivity (Wildman–Crippen MR) is 363 cm³/mol. The molecule has 0 aliphatic heterocycles. The van der Waals surface area contributed by atoms with E-state index >= 15 is 0 Å². The standard InChI is InChI=1S/C74H136NO8P/c1-6-8-10-12-14-16-18-20-22-24-26-28-30-32-34-35-36-37-38-39-41-43-45-47-49-51-53-55-57-59-61-63-65-67-74(77)83-72(71-82-84(78,79)81-69-68-75(3,4)5)70-80-73(76)66-64-62-60-58-56-54-52-50-48-46-44-42-40-33-31-29-27-25-23-21-19-17-15-13-11-9-7-2/h8,10,14,16,20,22,25-28,32,34,72H,6-7,9,11-13,15,17-19,21,23-24,29-31,33,35-71H2,1-5H3/p+1/b10-8-,16-14-,22-20-,27-25-,28-26-,34-32-. The van der Waals surface area contributed by atoms with Crippen LogP contribution in [0.15, 0.2) is 72.9 Å². The molecule has 9 nitrogen and oxygen atoms in total. The number of nitrogens with zero attached hydrogens (tertiary/aromatic N) is 1. The Bertz CT molecular complexity index is 1650. The van der Waals surface area contributed by atoms with Gasteiger partial charge in [-0.1, -0.05) is 311 Å². The molecule has 1 N–H and O–H groups in total. The third-order valence-corrected chi connectivity index (χ3v) is 16.7. The summed E-state index contributed by atoms with van der Waals surface area (Å²) in [6.07, 6.45) is 87.2. The first-order valence-corrected chi connectivity index (χ1v) is 37.2. The number of esters is 2. The molecule has 0 aromatic heterocycles. The van der Waals surface area contributed by atoms with Crippen molar-refractivity contribution >= 4 is 19.8 Å². The average Bonchev–Trinajstić information content (AvgIpc) is 3.61. The lowest BCUT2D eigenvalue weighted by Gasteiger charge is -2.24. The first-order chi connectivity index (χ1) is 41.0. The van der Waals surface area contributed by atoms with Gasteiger partial charge in [-0.2, -0.15) is 0 Å². The van der Waals surface area contributed by atoms with Crippen molar-refractivity contribution in [2.45, 2.75) is 341 Å². The van der Waals surface area contributed by atoms with Crippen LogP contribution >= 0.6 is 7.82 Å². The number of carbonyl (C=O) groups is 2. The topological polar surface area (TPSA) is 108 Å². The molecule has 2 atom stereocenters. The van der Waals surface area contributed by atoms with Crippen LogP contribution in [0.5, 0.6) is 0 Å². The minimum atomic E-state index is -4.39. The van der Waals surface area contributed by atoms with E-state index in [2.05, 4.69) is 86.8 Å². The number of hydrogen-bond acceptors (Lipinski definition) is 7. The maximum atomic E-state index is 12.9. The SMILES string of the molecule is CC/C=C\C/C=C\C/C=C\C/C=C\C/C=C\CCCCCCCCCCCCCCCCCCCC(=O)OC(COC(=O)CCCCCCCCCCCCCCCCC/C=C\CCCCCCCCCC)COP(=O)(O)OCC[N+](C)(C)C. The molecule has 0 amide bonds. The van der Waals surface area contributed by atoms with Crippen molar-refractivity contribution in [2.24, 2.45) is 0 Å². The molecule has 0 fully saturated rings. The maximum absolute atomic E-state index is 12.9. The molecule has 0 spiro atoms. The molecule has 84 heavy (non-hydrogen) atoms. The van der Waals surface area contributed by atoms with Crippen molar-refractivity contribution in [2.75, 3.05) is 47.5 Å². The van der Waals surface area contributed by atoms with Crippen molar-refractivity contribution in [3.05, 3.63) is 72.9 Å². The molecule has 10 heteroatoms. The van der Waals surface area contributed by atoms with Gasteiger partial charge in [0.05, 0.1) is 27.7 Å². The fourth-order valence-electron chi connectivity index (χ4n) is 10.3. The van der Waals surface area contributed by atoms with Gasteiger partial charge in [-0.05, 0) is 83.5 Å². The maximum Gasteiger partial charge on any atom is 0.472 e. The highest BCUT2D eigenvalue weighted by Gasteiger charge is 2.27. The normalized spacial score (nSPS) is 13.5. The van der Waals surface area contributed by atoms with E-state index in [1.54, 1.807) is 0 Å². The number of rotatable bonds is 66. The second-order valence-electron chi connectivity index (χ2n) is 25.2. The zero-order valence-electron chi connectivity index (χ0n) is 55.9. The summed E-state index contributed by atoms with van der Waals surface area (Å²) >= 11 is 0. The molecule has 0 aliphatic carbocycles. The lowest BCUT2D eigenvalue weighted by molar-refractivity contribution is -0.870. The van der Waals surface area contributed by atoms with Crippen LogP contribution in [0.1, 0.15) is 335 Å². The smallest absolute Gasteiger partial charge is 0.462 e. The molecule has 0 aromatic rings. The fourth-order valence-corrected chi connectivity index (χ4v) is 11.0. The van der Waals surface area contributed by atoms with E-state index in [9.17, 15) is 19.0 Å². The fraction of sp³-hybridized carbons (Fsp3) is 0.811. The van der Waals surface area contributed by atoms with Crippen molar-refractivity contribution in [3.63, 3.8) is 0 Å². The molecule has 0 aromatic carbocycles. The number of allylic oxidation sites excluding steroid dienone is 12. The molecule has 0 bridgehead atoms. The van der Waals surface area contributed by atoms with E-state index in [1.165, 1.54) is 238 Å². The van der Waals surface area contributed by atoms with Gasteiger partial charge in [0.2, 0.25) is 0 Å². The highest BCUT2D eigenvalue weighted by molar-refractivity contribution is 7.47. The van der Waals surface area contributed by atoms with Crippen LogP contribution in [0.25, 0.3) is 0 Å². The molecular weight excluding hydrogens is 1060 g/mol. The molecule has 2 unspecified atom stereocenters. The van der Waals surface area contributed by atoms with E-state index in [0.29, 0.717) is 23.9 Å². The van der Waals surface area contributed by atoms with Crippen LogP contribution in [0.4, 0.5) is 0 Å². The summed E-state index contributed by atoms with van der Waals surface area (Å²) in [5, 5.41) is 0. The van der Waals surface area contributed by atoms with Gasteiger partial charge in [0, 0.05) is 12.8 Å². The molecule has 0 heterocycles. The van der Waals surface area contributed by atoms with Crippen LogP contribution in [0.3, 0.4) is 0 Å². The molecule has 490 valence electrons. The highest BCUT2D eigenvalue weighted by Crippen LogP contribution is 2.43. The molecule has 0 rings (SSSR count). The lowest BCUT2D eigenvalue weighted by atomic mass is 10.0. The van der Waals surface area contributed by atoms with Gasteiger partial charge < -0.3 is 18.9 Å². The Morgan fingerprint density at radius 1 is 0.381 bits per heavy atom. The van der Waals surface area contributed by atoms with Crippen molar-refractivity contribution in [1.82, 2.24) is 0 Å². The first-order valence-electron chi connectivity index (χ1n) is 35.7. The third kappa shape index (κ3) is 68.6. The Morgan fingerprint density at radius 3 is 1.02 bits per heavy atom. The summed E-state index contributed by atoms with van der Waals surface area (Å²) in [4.78, 5) is 35.9. The first kappa shape index (κ1) is 81.5. The molecule has 0 aliphatic rings. The number of carbonyl (C=O) groups excluding carboxylic acids is 2. The monoisotopic (exact) mass is 1200 g/mol. The zero-order valence-corrected chi connectivity index (χ0v) is 56.8. The Hall–Kier alpha value is -2.55. The van der Waals surface area contributed by atoms with Crippen LogP contribution in [-0.4, -0.2) is 74.9 Å². The van der Waals surface area contributed by atoms with E-state index in [4.69, 9.17) is 18.5 Å². The predicted octanol–water partition coefficient (Wildman–Crippen LogP) is 23.2. The summed E-state index contributed by atoms with van der Waals surface area (Å²) in [5.41, 5.74) is 0. The van der Waals surface area contributed by atoms with Crippen LogP contribution < -0.4 is 0 Å². The van der Waals surface area contributed by atoms with Gasteiger partial charge in [0.1, 0.15) is 19.8 Å². The van der Waals surface area contributed by atoms with Crippen molar-refractivity contribution < 1.29 is 42.1 Å². The second-order valence-corrected chi connectivity index (χ2v) is 26.7. The Morgan fingerprint density at radius 2 is 0.679 bits per heavy atom. The van der Waals surface area contributed by atoms with Crippen molar-refractivity contribution in [1.29, 1.82) is 0 Å². The molecular formula is C74H137NO8P+. The summed E-state index contributed by atoms with van der Waals surface area (Å²) in [6, 6.07) is 0. The number of phosphoric acid groups is 1. The summed E-state index contributed by atoms with van der Waals surface area (Å²) in [5.74, 6) is -0.782. The second kappa shape index (κ2) is 64.9. The lowest BCUT2D eigenvalue weighted by Crippen LogP contribution is -2.37. The van der Waals surface area contributed by atoms with Crippen molar-refractivity contribution in [3.8, 4) is 0 Å².